The van der Waals surface area contributed by atoms with Gasteiger partial charge in [-0.2, -0.15) is 0 Å². The highest BCUT2D eigenvalue weighted by molar-refractivity contribution is 5.72. The lowest BCUT2D eigenvalue weighted by molar-refractivity contribution is -0.923. The van der Waals surface area contributed by atoms with Crippen molar-refractivity contribution >= 4 is 5.91 Å². The van der Waals surface area contributed by atoms with Gasteiger partial charge in [0.25, 0.3) is 0 Å². The fraction of sp³-hybridized carbons (Fsp3) is 0.833. The van der Waals surface area contributed by atoms with Gasteiger partial charge in [0.1, 0.15) is 6.20 Å². The summed E-state index contributed by atoms with van der Waals surface area (Å²) >= 11 is 0. The first-order valence-electron chi connectivity index (χ1n) is 14.8. The average molecular weight is 477 g/mol. The van der Waals surface area contributed by atoms with Crippen LogP contribution < -0.4 is 10.6 Å². The number of nitrogens with one attached hydrogen (secondary N) is 2. The molecule has 0 bridgehead atoms. The maximum atomic E-state index is 11.5. The van der Waals surface area contributed by atoms with Crippen LogP contribution in [0.1, 0.15) is 143 Å². The van der Waals surface area contributed by atoms with Gasteiger partial charge in [0.15, 0.2) is 12.3 Å². The molecule has 3 unspecified atom stereocenters. The van der Waals surface area contributed by atoms with Crippen molar-refractivity contribution in [3.05, 3.63) is 24.6 Å². The van der Waals surface area contributed by atoms with Crippen LogP contribution in [0.3, 0.4) is 0 Å². The molecular weight excluding hydrogens is 418 g/mol. The minimum atomic E-state index is 0.0453. The summed E-state index contributed by atoms with van der Waals surface area (Å²) in [5.41, 5.74) is 0. The summed E-state index contributed by atoms with van der Waals surface area (Å²) in [6, 6.07) is 0. The van der Waals surface area contributed by atoms with E-state index in [1.165, 1.54) is 103 Å². The zero-order valence-corrected chi connectivity index (χ0v) is 23.3. The molecule has 34 heavy (non-hydrogen) atoms. The number of quaternary nitrogens is 1. The normalized spacial score (nSPS) is 20.6. The van der Waals surface area contributed by atoms with Gasteiger partial charge in [0, 0.05) is 20.3 Å². The van der Waals surface area contributed by atoms with E-state index >= 15 is 0 Å². The highest BCUT2D eigenvalue weighted by Gasteiger charge is 2.41. The molecule has 0 aliphatic carbocycles. The lowest BCUT2D eigenvalue weighted by atomic mass is 10.0. The van der Waals surface area contributed by atoms with Crippen molar-refractivity contribution < 1.29 is 9.28 Å². The third-order valence-corrected chi connectivity index (χ3v) is 7.64. The van der Waals surface area contributed by atoms with E-state index in [2.05, 4.69) is 56.0 Å². The van der Waals surface area contributed by atoms with Crippen LogP contribution in [0.25, 0.3) is 0 Å². The maximum absolute atomic E-state index is 11.5. The molecular formula is C30H58N3O+. The van der Waals surface area contributed by atoms with Gasteiger partial charge in [0.05, 0.1) is 12.7 Å². The molecule has 198 valence electrons. The third kappa shape index (κ3) is 13.0. The van der Waals surface area contributed by atoms with Crippen LogP contribution in [-0.2, 0) is 4.79 Å². The highest BCUT2D eigenvalue weighted by Crippen LogP contribution is 2.25. The smallest absolute Gasteiger partial charge is 0.221 e. The molecule has 0 fully saturated rings. The molecule has 1 aliphatic heterocycles. The maximum Gasteiger partial charge on any atom is 0.221 e. The first-order valence-corrected chi connectivity index (χ1v) is 14.8. The molecule has 0 aromatic rings. The van der Waals surface area contributed by atoms with Crippen LogP contribution in [0, 0.1) is 0 Å². The molecule has 0 aromatic carbocycles. The summed E-state index contributed by atoms with van der Waals surface area (Å²) < 4.78 is 0.794. The first kappa shape index (κ1) is 30.7. The Balaban J connectivity index is 1.97. The van der Waals surface area contributed by atoms with Crippen molar-refractivity contribution in [1.82, 2.24) is 10.6 Å². The Labute approximate surface area is 212 Å². The fourth-order valence-corrected chi connectivity index (χ4v) is 5.39. The molecule has 0 spiro atoms. The van der Waals surface area contributed by atoms with Crippen LogP contribution in [0.15, 0.2) is 24.6 Å². The number of hydrogen-bond donors (Lipinski definition) is 2. The van der Waals surface area contributed by atoms with E-state index in [-0.39, 0.29) is 12.1 Å². The van der Waals surface area contributed by atoms with Crippen LogP contribution in [0.5, 0.6) is 0 Å². The minimum Gasteiger partial charge on any atom is -0.338 e. The molecule has 0 saturated carbocycles. The molecule has 1 heterocycles. The zero-order valence-electron chi connectivity index (χ0n) is 23.3. The lowest BCUT2D eigenvalue weighted by Gasteiger charge is -2.41. The molecule has 0 radical (unpaired) electrons. The lowest BCUT2D eigenvalue weighted by Crippen LogP contribution is -2.62. The Morgan fingerprint density at radius 3 is 1.85 bits per heavy atom. The summed E-state index contributed by atoms with van der Waals surface area (Å²) in [5, 5.41) is 6.62. The van der Waals surface area contributed by atoms with Crippen molar-refractivity contribution in [3.8, 4) is 0 Å². The third-order valence-electron chi connectivity index (χ3n) is 7.64. The molecule has 1 amide bonds. The number of carbonyl (C=O) groups is 1. The van der Waals surface area contributed by atoms with Crippen LogP contribution >= 0.6 is 0 Å². The zero-order chi connectivity index (χ0) is 24.9. The van der Waals surface area contributed by atoms with Crippen LogP contribution in [0.2, 0.25) is 0 Å². The number of nitrogens with zero attached hydrogens (tertiary/aromatic N) is 1. The predicted molar refractivity (Wildman–Crippen MR) is 148 cm³/mol. The van der Waals surface area contributed by atoms with Gasteiger partial charge < -0.3 is 10.6 Å². The molecule has 2 N–H and O–H groups in total. The van der Waals surface area contributed by atoms with Crippen molar-refractivity contribution in [3.63, 3.8) is 0 Å². The molecule has 4 heteroatoms. The SMILES string of the molecule is CCCCCCCCCCCCCCCC/C=C/CCCC1NC=C[N+]1(CC)C(C)NC(C)=O. The van der Waals surface area contributed by atoms with E-state index in [0.29, 0.717) is 6.17 Å². The highest BCUT2D eigenvalue weighted by atomic mass is 16.1. The Bertz CT molecular complexity index is 559. The Kier molecular flexibility index (Phi) is 18.0. The van der Waals surface area contributed by atoms with Gasteiger partial charge in [-0.05, 0) is 32.6 Å². The van der Waals surface area contributed by atoms with Crippen molar-refractivity contribution in [1.29, 1.82) is 0 Å². The molecule has 1 rings (SSSR count). The van der Waals surface area contributed by atoms with Crippen molar-refractivity contribution in [2.24, 2.45) is 0 Å². The van der Waals surface area contributed by atoms with Gasteiger partial charge in [-0.15, -0.1) is 0 Å². The van der Waals surface area contributed by atoms with E-state index in [9.17, 15) is 4.79 Å². The molecule has 0 saturated heterocycles. The number of carbonyl (C=O) groups excluding carboxylic acids is 1. The van der Waals surface area contributed by atoms with E-state index in [1.807, 2.05) is 0 Å². The second-order valence-corrected chi connectivity index (χ2v) is 10.5. The van der Waals surface area contributed by atoms with Crippen molar-refractivity contribution in [2.75, 3.05) is 6.54 Å². The van der Waals surface area contributed by atoms with E-state index < -0.39 is 0 Å². The second-order valence-electron chi connectivity index (χ2n) is 10.5. The van der Waals surface area contributed by atoms with Crippen LogP contribution in [-0.4, -0.2) is 29.3 Å². The van der Waals surface area contributed by atoms with Gasteiger partial charge in [0.2, 0.25) is 5.91 Å². The molecule has 4 nitrogen and oxygen atoms in total. The Hall–Kier alpha value is -1.29. The summed E-state index contributed by atoms with van der Waals surface area (Å²) in [5.74, 6) is 0.0453. The second kappa shape index (κ2) is 20.0. The first-order chi connectivity index (χ1) is 16.6. The summed E-state index contributed by atoms with van der Waals surface area (Å²) in [6.07, 6.45) is 34.1. The van der Waals surface area contributed by atoms with E-state index in [4.69, 9.17) is 0 Å². The van der Waals surface area contributed by atoms with E-state index in [1.54, 1.807) is 6.92 Å². The number of amides is 1. The Morgan fingerprint density at radius 2 is 1.35 bits per heavy atom. The van der Waals surface area contributed by atoms with Gasteiger partial charge in [-0.3, -0.25) is 9.28 Å². The fourth-order valence-electron chi connectivity index (χ4n) is 5.39. The minimum absolute atomic E-state index is 0.0453. The molecule has 3 atom stereocenters. The topological polar surface area (TPSA) is 41.1 Å². The molecule has 0 aromatic heterocycles. The quantitative estimate of drug-likeness (QED) is 0.0937. The summed E-state index contributed by atoms with van der Waals surface area (Å²) in [4.78, 5) is 11.5. The average Bonchev–Trinajstić information content (AvgIpc) is 3.24. The van der Waals surface area contributed by atoms with Gasteiger partial charge in [-0.1, -0.05) is 103 Å². The summed E-state index contributed by atoms with van der Waals surface area (Å²) in [6.45, 7) is 9.20. The predicted octanol–water partition coefficient (Wildman–Crippen LogP) is 8.30. The number of allylic oxidation sites excluding steroid dienone is 2. The standard InChI is InChI=1S/C30H57N3O/c1-5-7-8-9-10-11-12-13-14-15-16-17-18-19-20-21-22-23-24-25-30-31-26-27-33(30,6-2)28(3)32-29(4)34/h21-22,26-28,30-31H,5-20,23-25H2,1-4H3/p+1/b22-21+. The molecule has 1 aliphatic rings. The largest absolute Gasteiger partial charge is 0.338 e. The Morgan fingerprint density at radius 1 is 0.853 bits per heavy atom. The van der Waals surface area contributed by atoms with Gasteiger partial charge in [-0.25, -0.2) is 0 Å². The number of hydrogen-bond acceptors (Lipinski definition) is 2. The number of unbranched alkanes of at least 4 members (excludes halogenated alkanes) is 15. The van der Waals surface area contributed by atoms with Gasteiger partial charge >= 0.3 is 0 Å². The summed E-state index contributed by atoms with van der Waals surface area (Å²) in [7, 11) is 0. The van der Waals surface area contributed by atoms with Crippen molar-refractivity contribution in [2.45, 2.75) is 156 Å². The number of rotatable bonds is 22. The van der Waals surface area contributed by atoms with Crippen LogP contribution in [0.4, 0.5) is 0 Å². The van der Waals surface area contributed by atoms with E-state index in [0.717, 1.165) is 23.9 Å². The monoisotopic (exact) mass is 476 g/mol.